The summed E-state index contributed by atoms with van der Waals surface area (Å²) in [6.45, 7) is 2.78. The third kappa shape index (κ3) is 3.85. The van der Waals surface area contributed by atoms with E-state index < -0.39 is 0 Å². The van der Waals surface area contributed by atoms with Crippen molar-refractivity contribution in [1.29, 1.82) is 0 Å². The van der Waals surface area contributed by atoms with Gasteiger partial charge in [0.05, 0.1) is 6.61 Å². The molecule has 0 radical (unpaired) electrons. The summed E-state index contributed by atoms with van der Waals surface area (Å²) in [5, 5.41) is 9.52. The zero-order valence-electron chi connectivity index (χ0n) is 10.3. The summed E-state index contributed by atoms with van der Waals surface area (Å²) < 4.78 is 5.79. The van der Waals surface area contributed by atoms with Crippen LogP contribution < -0.4 is 10.5 Å². The molecule has 0 aliphatic carbocycles. The van der Waals surface area contributed by atoms with Crippen LogP contribution in [0.3, 0.4) is 0 Å². The molecule has 0 bridgehead atoms. The minimum Gasteiger partial charge on any atom is -0.488 e. The van der Waals surface area contributed by atoms with Crippen LogP contribution in [0.15, 0.2) is 24.3 Å². The number of nitrogens with zero attached hydrogens (tertiary/aromatic N) is 1. The molecule has 1 heterocycles. The van der Waals surface area contributed by atoms with Gasteiger partial charge in [-0.1, -0.05) is 17.7 Å². The summed E-state index contributed by atoms with van der Waals surface area (Å²) in [5.41, 5.74) is 5.65. The van der Waals surface area contributed by atoms with Gasteiger partial charge in [0.1, 0.15) is 11.9 Å². The second-order valence-electron chi connectivity index (χ2n) is 4.69. The molecule has 0 spiro atoms. The lowest BCUT2D eigenvalue weighted by molar-refractivity contribution is 0.0174. The van der Waals surface area contributed by atoms with Crippen molar-refractivity contribution in [2.24, 2.45) is 5.73 Å². The van der Waals surface area contributed by atoms with Crippen LogP contribution >= 0.6 is 11.6 Å². The number of nitrogens with two attached hydrogens (primary N) is 1. The smallest absolute Gasteiger partial charge is 0.124 e. The van der Waals surface area contributed by atoms with Crippen molar-refractivity contribution in [1.82, 2.24) is 4.90 Å². The number of likely N-dealkylation sites (tertiary alicyclic amines) is 1. The number of aliphatic hydroxyl groups excluding tert-OH is 1. The Labute approximate surface area is 112 Å². The van der Waals surface area contributed by atoms with Crippen LogP contribution in [-0.4, -0.2) is 48.4 Å². The molecule has 3 N–H and O–H groups in total. The van der Waals surface area contributed by atoms with E-state index in [0.29, 0.717) is 5.02 Å². The maximum atomic E-state index is 8.83. The highest BCUT2D eigenvalue weighted by molar-refractivity contribution is 6.30. The van der Waals surface area contributed by atoms with Gasteiger partial charge in [0.2, 0.25) is 0 Å². The molecular formula is C13H19ClN2O2. The Morgan fingerprint density at radius 2 is 2.28 bits per heavy atom. The Bertz CT molecular complexity index is 383. The summed E-state index contributed by atoms with van der Waals surface area (Å²) in [5.74, 6) is 0.819. The van der Waals surface area contributed by atoms with E-state index in [9.17, 15) is 0 Å². The average molecular weight is 271 g/mol. The van der Waals surface area contributed by atoms with Gasteiger partial charge in [-0.05, 0) is 24.6 Å². The third-order valence-corrected chi connectivity index (χ3v) is 3.31. The molecule has 2 rings (SSSR count). The van der Waals surface area contributed by atoms with Gasteiger partial charge in [-0.25, -0.2) is 0 Å². The van der Waals surface area contributed by atoms with Crippen LogP contribution in [-0.2, 0) is 0 Å². The van der Waals surface area contributed by atoms with Crippen molar-refractivity contribution in [2.75, 3.05) is 26.2 Å². The molecule has 1 aliphatic heterocycles. The topological polar surface area (TPSA) is 58.7 Å². The highest BCUT2D eigenvalue weighted by Gasteiger charge is 2.28. The molecule has 0 saturated carbocycles. The first kappa shape index (κ1) is 13.6. The number of ether oxygens (including phenoxy) is 1. The van der Waals surface area contributed by atoms with Crippen LogP contribution in [0.25, 0.3) is 0 Å². The van der Waals surface area contributed by atoms with E-state index in [0.717, 1.165) is 31.8 Å². The summed E-state index contributed by atoms with van der Waals surface area (Å²) in [6.07, 6.45) is 1.05. The van der Waals surface area contributed by atoms with E-state index in [1.165, 1.54) is 0 Å². The lowest BCUT2D eigenvalue weighted by Gasteiger charge is -2.39. The standard InChI is InChI=1S/C13H19ClN2O2/c14-10-2-1-3-12(6-10)18-13-7-16(8-13)5-4-11(15)9-17/h1-3,6,11,13,17H,4-5,7-9,15H2/t11-/m0/s1. The van der Waals surface area contributed by atoms with E-state index in [-0.39, 0.29) is 18.8 Å². The first-order valence-electron chi connectivity index (χ1n) is 6.18. The normalized spacial score (nSPS) is 18.4. The minimum atomic E-state index is -0.113. The number of rotatable bonds is 6. The summed E-state index contributed by atoms with van der Waals surface area (Å²) >= 11 is 5.89. The number of aliphatic hydroxyl groups is 1. The van der Waals surface area contributed by atoms with E-state index in [2.05, 4.69) is 4.90 Å². The van der Waals surface area contributed by atoms with E-state index in [4.69, 9.17) is 27.2 Å². The van der Waals surface area contributed by atoms with Gasteiger partial charge < -0.3 is 15.6 Å². The Hall–Kier alpha value is -0.810. The van der Waals surface area contributed by atoms with Crippen LogP contribution in [0.2, 0.25) is 5.02 Å². The van der Waals surface area contributed by atoms with Gasteiger partial charge >= 0.3 is 0 Å². The highest BCUT2D eigenvalue weighted by atomic mass is 35.5. The molecule has 1 fully saturated rings. The van der Waals surface area contributed by atoms with E-state index in [1.54, 1.807) is 0 Å². The van der Waals surface area contributed by atoms with Gasteiger partial charge in [-0.15, -0.1) is 0 Å². The maximum absolute atomic E-state index is 8.83. The zero-order chi connectivity index (χ0) is 13.0. The molecule has 0 aromatic heterocycles. The minimum absolute atomic E-state index is 0.0519. The third-order valence-electron chi connectivity index (χ3n) is 3.07. The fourth-order valence-electron chi connectivity index (χ4n) is 1.95. The zero-order valence-corrected chi connectivity index (χ0v) is 11.0. The van der Waals surface area contributed by atoms with E-state index >= 15 is 0 Å². The summed E-state index contributed by atoms with van der Waals surface area (Å²) in [7, 11) is 0. The fourth-order valence-corrected chi connectivity index (χ4v) is 2.13. The van der Waals surface area contributed by atoms with Gasteiger partial charge in [-0.3, -0.25) is 4.90 Å². The van der Waals surface area contributed by atoms with Crippen LogP contribution in [0.5, 0.6) is 5.75 Å². The molecule has 1 aromatic rings. The summed E-state index contributed by atoms with van der Waals surface area (Å²) in [4.78, 5) is 2.27. The molecule has 18 heavy (non-hydrogen) atoms. The van der Waals surface area contributed by atoms with Crippen molar-refractivity contribution in [2.45, 2.75) is 18.6 Å². The lowest BCUT2D eigenvalue weighted by Crippen LogP contribution is -2.54. The van der Waals surface area contributed by atoms with Gasteiger partial charge in [0.15, 0.2) is 0 Å². The fraction of sp³-hybridized carbons (Fsp3) is 0.538. The SMILES string of the molecule is N[C@H](CO)CCN1CC(Oc2cccc(Cl)c2)C1. The maximum Gasteiger partial charge on any atom is 0.124 e. The van der Waals surface area contributed by atoms with Crippen LogP contribution in [0, 0.1) is 0 Å². The van der Waals surface area contributed by atoms with Crippen molar-refractivity contribution >= 4 is 11.6 Å². The second-order valence-corrected chi connectivity index (χ2v) is 5.12. The van der Waals surface area contributed by atoms with Crippen molar-refractivity contribution in [3.63, 3.8) is 0 Å². The highest BCUT2D eigenvalue weighted by Crippen LogP contribution is 2.21. The predicted octanol–water partition coefficient (Wildman–Crippen LogP) is 1.11. The largest absolute Gasteiger partial charge is 0.488 e. The van der Waals surface area contributed by atoms with Crippen molar-refractivity contribution < 1.29 is 9.84 Å². The van der Waals surface area contributed by atoms with Crippen LogP contribution in [0.4, 0.5) is 0 Å². The Kier molecular flexibility index (Phi) is 4.83. The quantitative estimate of drug-likeness (QED) is 0.813. The molecule has 0 unspecified atom stereocenters. The predicted molar refractivity (Wildman–Crippen MR) is 72.0 cm³/mol. The van der Waals surface area contributed by atoms with Gasteiger partial charge in [0.25, 0.3) is 0 Å². The average Bonchev–Trinajstić information content (AvgIpc) is 2.31. The Morgan fingerprint density at radius 3 is 2.94 bits per heavy atom. The van der Waals surface area contributed by atoms with E-state index in [1.807, 2.05) is 24.3 Å². The Balaban J connectivity index is 1.67. The van der Waals surface area contributed by atoms with Gasteiger partial charge in [0, 0.05) is 30.7 Å². The molecule has 1 saturated heterocycles. The summed E-state index contributed by atoms with van der Waals surface area (Å²) in [6, 6.07) is 7.34. The number of hydrogen-bond donors (Lipinski definition) is 2. The first-order chi connectivity index (χ1) is 8.67. The molecule has 100 valence electrons. The molecule has 1 aliphatic rings. The van der Waals surface area contributed by atoms with Crippen LogP contribution in [0.1, 0.15) is 6.42 Å². The monoisotopic (exact) mass is 270 g/mol. The number of hydrogen-bond acceptors (Lipinski definition) is 4. The lowest BCUT2D eigenvalue weighted by atomic mass is 10.1. The second kappa shape index (κ2) is 6.38. The number of halogens is 1. The van der Waals surface area contributed by atoms with Crippen molar-refractivity contribution in [3.05, 3.63) is 29.3 Å². The molecule has 4 nitrogen and oxygen atoms in total. The number of benzene rings is 1. The molecule has 0 amide bonds. The Morgan fingerprint density at radius 1 is 1.50 bits per heavy atom. The first-order valence-corrected chi connectivity index (χ1v) is 6.56. The molecule has 1 atom stereocenters. The molecule has 1 aromatic carbocycles. The molecule has 5 heteroatoms. The van der Waals surface area contributed by atoms with Crippen molar-refractivity contribution in [3.8, 4) is 5.75 Å². The van der Waals surface area contributed by atoms with Gasteiger partial charge in [-0.2, -0.15) is 0 Å². The molecular weight excluding hydrogens is 252 g/mol.